The van der Waals surface area contributed by atoms with Gasteiger partial charge < -0.3 is 19.3 Å². The molecule has 0 radical (unpaired) electrons. The first-order valence-electron chi connectivity index (χ1n) is 25.3. The molecule has 8 rings (SSSR count). The normalized spacial score (nSPS) is 16.8. The predicted octanol–water partition coefficient (Wildman–Crippen LogP) is 10.2. The van der Waals surface area contributed by atoms with Crippen LogP contribution in [0.4, 0.5) is 11.6 Å². The van der Waals surface area contributed by atoms with Crippen molar-refractivity contribution in [3.63, 3.8) is 0 Å². The Hall–Kier alpha value is -5.22. The number of nitrogens with zero attached hydrogens (tertiary/aromatic N) is 4. The van der Waals surface area contributed by atoms with Gasteiger partial charge in [-0.3, -0.25) is 9.59 Å². The fraction of sp³-hybridized carbons (Fsp3) is 0.564. The highest BCUT2D eigenvalue weighted by molar-refractivity contribution is 7.93. The summed E-state index contributed by atoms with van der Waals surface area (Å²) in [5, 5.41) is 8.87. The van der Waals surface area contributed by atoms with E-state index in [2.05, 4.69) is 27.7 Å². The zero-order valence-electron chi connectivity index (χ0n) is 43.8. The molecule has 0 unspecified atom stereocenters. The number of methoxy groups -OCH3 is 1. The van der Waals surface area contributed by atoms with Crippen LogP contribution in [0.1, 0.15) is 159 Å². The van der Waals surface area contributed by atoms with Crippen LogP contribution in [0.5, 0.6) is 11.5 Å². The first-order valence-corrected chi connectivity index (χ1v) is 28.2. The van der Waals surface area contributed by atoms with Crippen LogP contribution in [-0.2, 0) is 72.9 Å². The number of carbonyl (C=O) groups is 2. The van der Waals surface area contributed by atoms with Crippen molar-refractivity contribution in [3.05, 3.63) is 91.3 Å². The molecule has 0 aliphatic carbocycles. The Balaban J connectivity index is 0.000000209. The van der Waals surface area contributed by atoms with Gasteiger partial charge in [-0.25, -0.2) is 35.4 Å². The third kappa shape index (κ3) is 11.2. The molecule has 0 bridgehead atoms. The van der Waals surface area contributed by atoms with E-state index in [0.717, 1.165) is 136 Å². The Labute approximate surface area is 422 Å². The van der Waals surface area contributed by atoms with E-state index in [-0.39, 0.29) is 23.6 Å². The second kappa shape index (κ2) is 21.1. The summed E-state index contributed by atoms with van der Waals surface area (Å²) in [6.07, 6.45) is 10.9. The van der Waals surface area contributed by atoms with Crippen LogP contribution in [-0.4, -0.2) is 75.3 Å². The van der Waals surface area contributed by atoms with Gasteiger partial charge in [0.05, 0.1) is 16.9 Å². The molecule has 4 aliphatic heterocycles. The molecule has 0 saturated heterocycles. The third-order valence-corrected chi connectivity index (χ3v) is 19.0. The van der Waals surface area contributed by atoms with E-state index >= 15 is 0 Å². The van der Waals surface area contributed by atoms with Crippen molar-refractivity contribution in [2.75, 3.05) is 28.8 Å². The number of rotatable bonds is 14. The Morgan fingerprint density at radius 1 is 0.606 bits per heavy atom. The molecule has 0 fully saturated rings. The predicted molar refractivity (Wildman–Crippen MR) is 276 cm³/mol. The van der Waals surface area contributed by atoms with E-state index in [1.807, 2.05) is 65.8 Å². The fourth-order valence-corrected chi connectivity index (χ4v) is 14.6. The molecule has 0 spiro atoms. The minimum atomic E-state index is -3.84. The van der Waals surface area contributed by atoms with Gasteiger partial charge in [-0.1, -0.05) is 12.1 Å². The summed E-state index contributed by atoms with van der Waals surface area (Å²) in [4.78, 5) is 32.5. The van der Waals surface area contributed by atoms with Crippen molar-refractivity contribution in [2.45, 2.75) is 193 Å². The van der Waals surface area contributed by atoms with E-state index in [4.69, 9.17) is 29.3 Å². The molecule has 0 saturated carbocycles. The largest absolute Gasteiger partial charge is 0.487 e. The Morgan fingerprint density at radius 2 is 1.01 bits per heavy atom. The number of pyridine rings is 2. The molecule has 4 aliphatic rings. The van der Waals surface area contributed by atoms with Crippen molar-refractivity contribution >= 4 is 43.6 Å². The van der Waals surface area contributed by atoms with Crippen molar-refractivity contribution in [1.82, 2.24) is 9.97 Å². The van der Waals surface area contributed by atoms with Crippen molar-refractivity contribution < 1.29 is 45.7 Å². The van der Waals surface area contributed by atoms with Gasteiger partial charge in [0.2, 0.25) is 0 Å². The van der Waals surface area contributed by atoms with Crippen molar-refractivity contribution in [1.29, 1.82) is 0 Å². The minimum absolute atomic E-state index is 0.128. The Bertz CT molecular complexity index is 2950. The number of carboxylic acids is 1. The van der Waals surface area contributed by atoms with Gasteiger partial charge in [-0.2, -0.15) is 0 Å². The number of esters is 1. The van der Waals surface area contributed by atoms with E-state index in [0.29, 0.717) is 73.0 Å². The number of aliphatic carboxylic acids is 1. The number of ether oxygens (including phenoxy) is 3. The first kappa shape index (κ1) is 53.6. The standard InChI is InChI=1S/C28H38N2O5S.C27H36N2O5S/c1-18-19(2)26(20(3)23-15-16-28(4,5)35-25(18)23)36(32,33)30-17-9-10-21-13-14-22(29-27(21)30)11-7-8-12-24(31)34-6;1-17-18(2)25(19(3)22-14-15-27(4,5)34-24(17)22)35(32,33)29-16-8-9-20-12-13-21(28-26(20)29)10-6-7-11-23(30)31/h13-14H,7-12,15-17H2,1-6H3;12-13H,6-11,14-16H2,1-5H3,(H,30,31). The second-order valence-electron chi connectivity index (χ2n) is 21.1. The van der Waals surface area contributed by atoms with Gasteiger partial charge in [0, 0.05) is 37.3 Å². The van der Waals surface area contributed by atoms with Crippen LogP contribution >= 0.6 is 0 Å². The maximum atomic E-state index is 14.2. The number of sulfonamides is 2. The number of unbranched alkanes of at least 4 members (excludes halogenated alkanes) is 2. The monoisotopic (exact) mass is 1010 g/mol. The summed E-state index contributed by atoms with van der Waals surface area (Å²) in [5.74, 6) is 1.70. The van der Waals surface area contributed by atoms with Crippen LogP contribution in [0.15, 0.2) is 34.1 Å². The van der Waals surface area contributed by atoms with Crippen LogP contribution < -0.4 is 18.1 Å². The topological polar surface area (TPSA) is 183 Å². The molecule has 16 heteroatoms. The van der Waals surface area contributed by atoms with Crippen LogP contribution in [0.2, 0.25) is 0 Å². The molecule has 2 aromatic heterocycles. The lowest BCUT2D eigenvalue weighted by atomic mass is 9.88. The smallest absolute Gasteiger partial charge is 0.305 e. The van der Waals surface area contributed by atoms with Gasteiger partial charge in [0.1, 0.15) is 34.3 Å². The van der Waals surface area contributed by atoms with Gasteiger partial charge in [0.15, 0.2) is 0 Å². The van der Waals surface area contributed by atoms with Gasteiger partial charge in [0.25, 0.3) is 20.0 Å². The van der Waals surface area contributed by atoms with E-state index in [1.165, 1.54) is 15.7 Å². The molecule has 0 atom stereocenters. The number of hydrogen-bond acceptors (Lipinski definition) is 11. The average molecular weight is 1020 g/mol. The summed E-state index contributed by atoms with van der Waals surface area (Å²) in [6.45, 7) is 20.6. The SMILES string of the molecule is COC(=O)CCCCc1ccc2c(n1)N(S(=O)(=O)c1c(C)c(C)c3c(c1C)CCC(C)(C)O3)CCC2.Cc1c(C)c(S(=O)(=O)N2CCCc3ccc(CCCCC(=O)O)nc32)c(C)c2c1OC(C)(C)CC2. The molecule has 4 aromatic rings. The van der Waals surface area contributed by atoms with E-state index < -0.39 is 26.0 Å². The summed E-state index contributed by atoms with van der Waals surface area (Å²) in [7, 11) is -6.27. The van der Waals surface area contributed by atoms with Gasteiger partial charge >= 0.3 is 11.9 Å². The number of carboxylic acid groups (broad SMARTS) is 1. The molecular weight excluding hydrogens is 941 g/mol. The molecule has 0 amide bonds. The maximum absolute atomic E-state index is 14.2. The third-order valence-electron chi connectivity index (χ3n) is 14.9. The Kier molecular flexibility index (Phi) is 15.9. The lowest BCUT2D eigenvalue weighted by molar-refractivity contribution is -0.141. The quantitative estimate of drug-likeness (QED) is 0.0933. The number of anilines is 2. The summed E-state index contributed by atoms with van der Waals surface area (Å²) in [6, 6.07) is 7.90. The second-order valence-corrected chi connectivity index (χ2v) is 24.7. The number of aromatic nitrogens is 2. The van der Waals surface area contributed by atoms with Gasteiger partial charge in [-0.05, 0) is 227 Å². The molecule has 386 valence electrons. The molecule has 6 heterocycles. The maximum Gasteiger partial charge on any atom is 0.305 e. The highest BCUT2D eigenvalue weighted by Gasteiger charge is 2.40. The lowest BCUT2D eigenvalue weighted by Gasteiger charge is -2.37. The first-order chi connectivity index (χ1) is 33.4. The zero-order valence-corrected chi connectivity index (χ0v) is 45.4. The number of hydrogen-bond donors (Lipinski definition) is 1. The molecule has 14 nitrogen and oxygen atoms in total. The summed E-state index contributed by atoms with van der Waals surface area (Å²) in [5.41, 5.74) is 9.80. The van der Waals surface area contributed by atoms with Crippen LogP contribution in [0.3, 0.4) is 0 Å². The van der Waals surface area contributed by atoms with Crippen LogP contribution in [0, 0.1) is 41.5 Å². The summed E-state index contributed by atoms with van der Waals surface area (Å²) < 4.78 is 77.2. The van der Waals surface area contributed by atoms with Crippen molar-refractivity contribution in [2.24, 2.45) is 0 Å². The molecule has 2 aromatic carbocycles. The van der Waals surface area contributed by atoms with Crippen LogP contribution in [0.25, 0.3) is 0 Å². The fourth-order valence-electron chi connectivity index (χ4n) is 10.6. The van der Waals surface area contributed by atoms with Crippen molar-refractivity contribution in [3.8, 4) is 11.5 Å². The molecule has 1 N–H and O–H groups in total. The summed E-state index contributed by atoms with van der Waals surface area (Å²) >= 11 is 0. The number of aryl methyl sites for hydroxylation is 4. The average Bonchev–Trinajstić information content (AvgIpc) is 3.31. The number of benzene rings is 2. The highest BCUT2D eigenvalue weighted by Crippen LogP contribution is 2.46. The van der Waals surface area contributed by atoms with Gasteiger partial charge in [-0.15, -0.1) is 0 Å². The zero-order chi connectivity index (χ0) is 51.8. The lowest BCUT2D eigenvalue weighted by Crippen LogP contribution is -2.38. The van der Waals surface area contributed by atoms with E-state index in [1.54, 1.807) is 0 Å². The molecular formula is C55H74N4O10S2. The minimum Gasteiger partial charge on any atom is -0.487 e. The molecule has 71 heavy (non-hydrogen) atoms. The Morgan fingerprint density at radius 3 is 1.41 bits per heavy atom. The highest BCUT2D eigenvalue weighted by atomic mass is 32.2. The van der Waals surface area contributed by atoms with E-state index in [9.17, 15) is 26.4 Å². The number of fused-ring (bicyclic) bond motifs is 4. The number of carbonyl (C=O) groups excluding carboxylic acids is 1.